The molecule has 0 amide bonds. The highest BCUT2D eigenvalue weighted by Crippen LogP contribution is 2.35. The van der Waals surface area contributed by atoms with E-state index in [1.165, 1.54) is 0 Å². The van der Waals surface area contributed by atoms with Crippen LogP contribution in [0.15, 0.2) is 42.5 Å². The molecule has 1 atom stereocenters. The fraction of sp³-hybridized carbons (Fsp3) is 0.250. The average Bonchev–Trinajstić information content (AvgIpc) is 2.94. The van der Waals surface area contributed by atoms with Crippen LogP contribution in [0.5, 0.6) is 5.75 Å². The summed E-state index contributed by atoms with van der Waals surface area (Å²) < 4.78 is 21.0. The summed E-state index contributed by atoms with van der Waals surface area (Å²) in [5.41, 5.74) is 4.30. The van der Waals surface area contributed by atoms with Crippen LogP contribution in [0, 0.1) is 11.3 Å². The van der Waals surface area contributed by atoms with Gasteiger partial charge in [-0.05, 0) is 36.8 Å². The smallest absolute Gasteiger partial charge is 0.120 e. The number of nitriles is 1. The van der Waals surface area contributed by atoms with Crippen molar-refractivity contribution in [3.05, 3.63) is 48.0 Å². The van der Waals surface area contributed by atoms with E-state index >= 15 is 0 Å². The van der Waals surface area contributed by atoms with Crippen LogP contribution < -0.4 is 9.04 Å². The first-order valence-corrected chi connectivity index (χ1v) is 9.81. The van der Waals surface area contributed by atoms with E-state index in [4.69, 9.17) is 4.74 Å². The number of rotatable bonds is 5. The average molecular weight is 367 g/mol. The van der Waals surface area contributed by atoms with Gasteiger partial charge in [0.05, 0.1) is 23.9 Å². The quantitative estimate of drug-likeness (QED) is 0.688. The molecular weight excluding hydrogens is 346 g/mol. The Balaban J connectivity index is 2.15. The van der Waals surface area contributed by atoms with Crippen molar-refractivity contribution < 1.29 is 8.95 Å². The number of fused-ring (bicyclic) bond motifs is 1. The Morgan fingerprint density at radius 1 is 1.23 bits per heavy atom. The Bertz CT molecular complexity index is 1020. The number of aromatic nitrogens is 1. The van der Waals surface area contributed by atoms with E-state index in [0.29, 0.717) is 12.1 Å². The second-order valence-electron chi connectivity index (χ2n) is 5.94. The molecule has 26 heavy (non-hydrogen) atoms. The van der Waals surface area contributed by atoms with Gasteiger partial charge in [-0.2, -0.15) is 5.26 Å². The topological polar surface area (TPSA) is 58.3 Å². The van der Waals surface area contributed by atoms with Crippen LogP contribution in [0.2, 0.25) is 0 Å². The number of aryl methyl sites for hydroxylation is 1. The van der Waals surface area contributed by atoms with Gasteiger partial charge in [-0.25, -0.2) is 4.21 Å². The SMILES string of the molecule is CCN(c1ccc(-c2c(C#N)c3ccc(OC)cc3n2C)cc1)S(C)=O. The minimum absolute atomic E-state index is 0.643. The maximum Gasteiger partial charge on any atom is 0.120 e. The summed E-state index contributed by atoms with van der Waals surface area (Å²) >= 11 is 0. The highest BCUT2D eigenvalue weighted by Gasteiger charge is 2.17. The molecule has 2 aromatic carbocycles. The summed E-state index contributed by atoms with van der Waals surface area (Å²) in [6, 6.07) is 15.9. The Morgan fingerprint density at radius 3 is 2.46 bits per heavy atom. The number of methoxy groups -OCH3 is 1. The summed E-state index contributed by atoms with van der Waals surface area (Å²) in [6.45, 7) is 2.64. The zero-order chi connectivity index (χ0) is 18.8. The lowest BCUT2D eigenvalue weighted by molar-refractivity contribution is 0.415. The molecule has 6 heteroatoms. The van der Waals surface area contributed by atoms with Crippen molar-refractivity contribution in [2.75, 3.05) is 24.2 Å². The van der Waals surface area contributed by atoms with Crippen LogP contribution in [0.1, 0.15) is 12.5 Å². The molecule has 0 N–H and O–H groups in total. The van der Waals surface area contributed by atoms with Crippen molar-refractivity contribution in [1.82, 2.24) is 4.57 Å². The van der Waals surface area contributed by atoms with Crippen molar-refractivity contribution in [3.8, 4) is 23.1 Å². The molecule has 0 bridgehead atoms. The minimum atomic E-state index is -1.07. The van der Waals surface area contributed by atoms with Crippen molar-refractivity contribution in [1.29, 1.82) is 5.26 Å². The van der Waals surface area contributed by atoms with E-state index in [-0.39, 0.29) is 0 Å². The van der Waals surface area contributed by atoms with E-state index < -0.39 is 11.0 Å². The number of ether oxygens (including phenoxy) is 1. The fourth-order valence-corrected chi connectivity index (χ4v) is 4.07. The largest absolute Gasteiger partial charge is 0.497 e. The van der Waals surface area contributed by atoms with Crippen LogP contribution in [-0.2, 0) is 18.0 Å². The van der Waals surface area contributed by atoms with Gasteiger partial charge in [-0.15, -0.1) is 0 Å². The number of hydrogen-bond acceptors (Lipinski definition) is 3. The standard InChI is InChI=1S/C20H21N3O2S/c1-5-23(26(4)24)15-8-6-14(7-9-15)20-18(13-21)17-11-10-16(25-3)12-19(17)22(20)2/h6-12H,5H2,1-4H3. The molecular formula is C20H21N3O2S. The summed E-state index contributed by atoms with van der Waals surface area (Å²) in [5, 5.41) is 10.6. The molecule has 0 aliphatic carbocycles. The number of anilines is 1. The molecule has 5 nitrogen and oxygen atoms in total. The van der Waals surface area contributed by atoms with Crippen molar-refractivity contribution >= 4 is 27.6 Å². The Morgan fingerprint density at radius 2 is 1.92 bits per heavy atom. The van der Waals surface area contributed by atoms with Crippen LogP contribution in [0.4, 0.5) is 5.69 Å². The molecule has 0 saturated carbocycles. The maximum atomic E-state index is 11.8. The lowest BCUT2D eigenvalue weighted by Crippen LogP contribution is -2.23. The highest BCUT2D eigenvalue weighted by atomic mass is 32.2. The molecule has 0 radical (unpaired) electrons. The zero-order valence-corrected chi connectivity index (χ0v) is 16.1. The Hall–Kier alpha value is -2.78. The third kappa shape index (κ3) is 2.95. The Labute approximate surface area is 156 Å². The lowest BCUT2D eigenvalue weighted by atomic mass is 10.1. The maximum absolute atomic E-state index is 11.8. The molecule has 0 aliphatic rings. The van der Waals surface area contributed by atoms with E-state index in [2.05, 4.69) is 6.07 Å². The second kappa shape index (κ2) is 7.22. The van der Waals surface area contributed by atoms with Crippen LogP contribution >= 0.6 is 0 Å². The molecule has 1 heterocycles. The van der Waals surface area contributed by atoms with Gasteiger partial charge in [-0.3, -0.25) is 4.31 Å². The normalized spacial score (nSPS) is 12.0. The first-order chi connectivity index (χ1) is 12.5. The van der Waals surface area contributed by atoms with Crippen LogP contribution in [-0.4, -0.2) is 28.7 Å². The van der Waals surface area contributed by atoms with Gasteiger partial charge < -0.3 is 9.30 Å². The minimum Gasteiger partial charge on any atom is -0.497 e. The van der Waals surface area contributed by atoms with E-state index in [1.807, 2.05) is 65.3 Å². The molecule has 3 aromatic rings. The lowest BCUT2D eigenvalue weighted by Gasteiger charge is -2.19. The molecule has 0 spiro atoms. The number of hydrogen-bond donors (Lipinski definition) is 0. The molecule has 0 saturated heterocycles. The van der Waals surface area contributed by atoms with E-state index in [0.717, 1.165) is 33.6 Å². The van der Waals surface area contributed by atoms with Gasteiger partial charge in [0.1, 0.15) is 22.8 Å². The number of nitrogens with zero attached hydrogens (tertiary/aromatic N) is 3. The third-order valence-corrected chi connectivity index (χ3v) is 5.64. The first kappa shape index (κ1) is 18.0. The predicted molar refractivity (Wildman–Crippen MR) is 107 cm³/mol. The monoisotopic (exact) mass is 367 g/mol. The van der Waals surface area contributed by atoms with Crippen molar-refractivity contribution in [3.63, 3.8) is 0 Å². The molecule has 3 rings (SSSR count). The Kier molecular flexibility index (Phi) is 5.01. The van der Waals surface area contributed by atoms with Crippen molar-refractivity contribution in [2.24, 2.45) is 7.05 Å². The predicted octanol–water partition coefficient (Wildman–Crippen LogP) is 3.85. The zero-order valence-electron chi connectivity index (χ0n) is 15.3. The summed E-state index contributed by atoms with van der Waals surface area (Å²) in [6.07, 6.45) is 1.67. The molecule has 134 valence electrons. The molecule has 0 fully saturated rings. The van der Waals surface area contributed by atoms with Gasteiger partial charge in [0.15, 0.2) is 0 Å². The van der Waals surface area contributed by atoms with Gasteiger partial charge in [0.2, 0.25) is 0 Å². The van der Waals surface area contributed by atoms with Crippen LogP contribution in [0.3, 0.4) is 0 Å². The summed E-state index contributed by atoms with van der Waals surface area (Å²) in [4.78, 5) is 0. The summed E-state index contributed by atoms with van der Waals surface area (Å²) in [5.74, 6) is 0.758. The van der Waals surface area contributed by atoms with Gasteiger partial charge in [0, 0.05) is 37.0 Å². The van der Waals surface area contributed by atoms with Crippen LogP contribution in [0.25, 0.3) is 22.2 Å². The number of benzene rings is 2. The fourth-order valence-electron chi connectivity index (χ4n) is 3.29. The molecule has 0 aliphatic heterocycles. The van der Waals surface area contributed by atoms with Gasteiger partial charge in [0.25, 0.3) is 0 Å². The summed E-state index contributed by atoms with van der Waals surface area (Å²) in [7, 11) is 2.51. The highest BCUT2D eigenvalue weighted by molar-refractivity contribution is 7.85. The van der Waals surface area contributed by atoms with E-state index in [1.54, 1.807) is 13.4 Å². The van der Waals surface area contributed by atoms with Gasteiger partial charge >= 0.3 is 0 Å². The third-order valence-electron chi connectivity index (χ3n) is 4.55. The second-order valence-corrected chi connectivity index (χ2v) is 7.23. The van der Waals surface area contributed by atoms with Gasteiger partial charge in [-0.1, -0.05) is 12.1 Å². The molecule has 1 unspecified atom stereocenters. The van der Waals surface area contributed by atoms with Crippen molar-refractivity contribution in [2.45, 2.75) is 6.92 Å². The first-order valence-electron chi connectivity index (χ1n) is 8.29. The van der Waals surface area contributed by atoms with E-state index in [9.17, 15) is 9.47 Å². The molecule has 1 aromatic heterocycles.